The van der Waals surface area contributed by atoms with E-state index in [2.05, 4.69) is 5.18 Å². The molecule has 2 fully saturated rings. The van der Waals surface area contributed by atoms with E-state index in [1.807, 2.05) is 25.7 Å². The molecule has 2 aliphatic rings. The van der Waals surface area contributed by atoms with Crippen LogP contribution in [0.3, 0.4) is 0 Å². The molecule has 0 aliphatic carbocycles. The summed E-state index contributed by atoms with van der Waals surface area (Å²) in [6, 6.07) is 0.593. The van der Waals surface area contributed by atoms with E-state index in [4.69, 9.17) is 4.74 Å². The molecule has 2 saturated heterocycles. The first kappa shape index (κ1) is 14.3. The van der Waals surface area contributed by atoms with Gasteiger partial charge in [-0.15, -0.1) is 0 Å². The summed E-state index contributed by atoms with van der Waals surface area (Å²) in [6.07, 6.45) is 4.80. The van der Waals surface area contributed by atoms with Crippen molar-refractivity contribution in [3.05, 3.63) is 4.91 Å². The third-order valence-corrected chi connectivity index (χ3v) is 4.06. The first-order chi connectivity index (χ1) is 8.90. The fraction of sp³-hybridized carbons (Fsp3) is 0.929. The highest BCUT2D eigenvalue weighted by Gasteiger charge is 2.44. The molecule has 0 aromatic carbocycles. The molecule has 0 radical (unpaired) electrons. The average molecular weight is 268 g/mol. The second kappa shape index (κ2) is 5.47. The maximum atomic E-state index is 12.2. The van der Waals surface area contributed by atoms with E-state index >= 15 is 0 Å². The minimum Gasteiger partial charge on any atom is -0.444 e. The number of carbonyl (C=O) groups is 1. The molecule has 2 unspecified atom stereocenters. The summed E-state index contributed by atoms with van der Waals surface area (Å²) in [5, 5.41) is 2.95. The fourth-order valence-corrected chi connectivity index (χ4v) is 3.37. The van der Waals surface area contributed by atoms with E-state index in [0.29, 0.717) is 24.5 Å². The van der Waals surface area contributed by atoms with Gasteiger partial charge in [0.15, 0.2) is 0 Å². The van der Waals surface area contributed by atoms with Crippen molar-refractivity contribution in [3.63, 3.8) is 0 Å². The maximum Gasteiger partial charge on any atom is 0.410 e. The molecule has 19 heavy (non-hydrogen) atoms. The van der Waals surface area contributed by atoms with Gasteiger partial charge >= 0.3 is 6.09 Å². The van der Waals surface area contributed by atoms with Crippen molar-refractivity contribution in [2.45, 2.75) is 70.6 Å². The zero-order valence-electron chi connectivity index (χ0n) is 12.1. The van der Waals surface area contributed by atoms with Crippen LogP contribution in [0.25, 0.3) is 0 Å². The molecular weight excluding hydrogens is 244 g/mol. The monoisotopic (exact) mass is 268 g/mol. The number of nitrogens with zero attached hydrogens (tertiary/aromatic N) is 2. The molecule has 5 nitrogen and oxygen atoms in total. The number of piperidine rings is 1. The van der Waals surface area contributed by atoms with Gasteiger partial charge in [0.25, 0.3) is 0 Å². The van der Waals surface area contributed by atoms with Gasteiger partial charge in [-0.1, -0.05) is 5.18 Å². The highest BCUT2D eigenvalue weighted by molar-refractivity contribution is 5.69. The summed E-state index contributed by atoms with van der Waals surface area (Å²) < 4.78 is 5.49. The molecule has 0 aromatic rings. The molecule has 2 bridgehead atoms. The summed E-state index contributed by atoms with van der Waals surface area (Å²) in [5.41, 5.74) is -0.436. The zero-order valence-corrected chi connectivity index (χ0v) is 12.1. The Morgan fingerprint density at radius 2 is 1.84 bits per heavy atom. The van der Waals surface area contributed by atoms with Crippen molar-refractivity contribution in [3.8, 4) is 0 Å². The smallest absolute Gasteiger partial charge is 0.410 e. The first-order valence-corrected chi connectivity index (χ1v) is 7.21. The van der Waals surface area contributed by atoms with E-state index in [0.717, 1.165) is 32.1 Å². The Bertz CT molecular complexity index is 337. The van der Waals surface area contributed by atoms with Crippen molar-refractivity contribution in [2.24, 2.45) is 11.1 Å². The Labute approximate surface area is 114 Å². The van der Waals surface area contributed by atoms with Crippen LogP contribution in [-0.4, -0.2) is 35.2 Å². The van der Waals surface area contributed by atoms with Crippen molar-refractivity contribution in [1.82, 2.24) is 4.90 Å². The van der Waals surface area contributed by atoms with Crippen molar-refractivity contribution in [2.75, 3.05) is 6.54 Å². The Kier molecular flexibility index (Phi) is 4.11. The highest BCUT2D eigenvalue weighted by atomic mass is 16.6. The van der Waals surface area contributed by atoms with Gasteiger partial charge in [0.1, 0.15) is 5.60 Å². The number of rotatable bonds is 3. The second-order valence-electron chi connectivity index (χ2n) is 6.75. The lowest BCUT2D eigenvalue weighted by molar-refractivity contribution is 0.00180. The summed E-state index contributed by atoms with van der Waals surface area (Å²) in [5.74, 6) is 0.536. The standard InChI is InChI=1S/C14H24N2O3/c1-14(2,3)19-13(17)16-11-4-5-12(16)9-10(8-11)6-7-15-18/h10-12H,4-9H2,1-3H3. The molecule has 2 heterocycles. The van der Waals surface area contributed by atoms with Gasteiger partial charge in [0, 0.05) is 12.1 Å². The van der Waals surface area contributed by atoms with Crippen LogP contribution < -0.4 is 0 Å². The quantitative estimate of drug-likeness (QED) is 0.738. The van der Waals surface area contributed by atoms with Crippen LogP contribution in [0, 0.1) is 10.8 Å². The second-order valence-corrected chi connectivity index (χ2v) is 6.75. The maximum absolute atomic E-state index is 12.2. The Hall–Kier alpha value is -1.13. The Morgan fingerprint density at radius 3 is 2.32 bits per heavy atom. The number of nitroso groups, excluding NO2 is 1. The van der Waals surface area contributed by atoms with Gasteiger partial charge in [-0.2, -0.15) is 4.91 Å². The van der Waals surface area contributed by atoms with Crippen LogP contribution in [-0.2, 0) is 4.74 Å². The van der Waals surface area contributed by atoms with E-state index in [-0.39, 0.29) is 6.09 Å². The predicted molar refractivity (Wildman–Crippen MR) is 72.9 cm³/mol. The van der Waals surface area contributed by atoms with E-state index in [1.165, 1.54) is 0 Å². The van der Waals surface area contributed by atoms with E-state index in [9.17, 15) is 9.70 Å². The minimum atomic E-state index is -0.436. The molecule has 0 spiro atoms. The molecule has 1 amide bonds. The lowest BCUT2D eigenvalue weighted by Crippen LogP contribution is -2.48. The van der Waals surface area contributed by atoms with Crippen LogP contribution in [0.1, 0.15) is 52.9 Å². The Morgan fingerprint density at radius 1 is 1.26 bits per heavy atom. The summed E-state index contributed by atoms with van der Waals surface area (Å²) in [7, 11) is 0. The molecule has 2 atom stereocenters. The van der Waals surface area contributed by atoms with Crippen LogP contribution >= 0.6 is 0 Å². The Balaban J connectivity index is 1.95. The zero-order chi connectivity index (χ0) is 14.0. The number of hydrogen-bond donors (Lipinski definition) is 0. The summed E-state index contributed by atoms with van der Waals surface area (Å²) in [6.45, 7) is 6.09. The van der Waals surface area contributed by atoms with Gasteiger partial charge in [0.05, 0.1) is 6.54 Å². The molecule has 108 valence electrons. The molecule has 2 aliphatic heterocycles. The fourth-order valence-electron chi connectivity index (χ4n) is 3.37. The first-order valence-electron chi connectivity index (χ1n) is 7.21. The number of hydrogen-bond acceptors (Lipinski definition) is 4. The molecule has 5 heteroatoms. The predicted octanol–water partition coefficient (Wildman–Crippen LogP) is 3.32. The van der Waals surface area contributed by atoms with Gasteiger partial charge in [-0.05, 0) is 58.8 Å². The summed E-state index contributed by atoms with van der Waals surface area (Å²) >= 11 is 0. The van der Waals surface area contributed by atoms with E-state index in [1.54, 1.807) is 0 Å². The van der Waals surface area contributed by atoms with Gasteiger partial charge in [0.2, 0.25) is 0 Å². The lowest BCUT2D eigenvalue weighted by Gasteiger charge is -2.39. The molecular formula is C14H24N2O3. The molecule has 0 N–H and O–H groups in total. The normalized spacial score (nSPS) is 30.3. The number of amides is 1. The summed E-state index contributed by atoms with van der Waals surface area (Å²) in [4.78, 5) is 24.4. The van der Waals surface area contributed by atoms with Gasteiger partial charge in [-0.3, -0.25) is 0 Å². The average Bonchev–Trinajstić information content (AvgIpc) is 2.56. The largest absolute Gasteiger partial charge is 0.444 e. The molecule has 0 saturated carbocycles. The van der Waals surface area contributed by atoms with Crippen molar-refractivity contribution in [1.29, 1.82) is 0 Å². The number of carbonyl (C=O) groups excluding carboxylic acids is 1. The third-order valence-electron chi connectivity index (χ3n) is 4.06. The van der Waals surface area contributed by atoms with E-state index < -0.39 is 5.60 Å². The van der Waals surface area contributed by atoms with Crippen LogP contribution in [0.4, 0.5) is 4.79 Å². The topological polar surface area (TPSA) is 59.0 Å². The van der Waals surface area contributed by atoms with Crippen LogP contribution in [0.15, 0.2) is 5.18 Å². The molecule has 2 rings (SSSR count). The van der Waals surface area contributed by atoms with Gasteiger partial charge < -0.3 is 9.64 Å². The number of ether oxygens (including phenoxy) is 1. The van der Waals surface area contributed by atoms with Crippen molar-refractivity contribution < 1.29 is 9.53 Å². The number of fused-ring (bicyclic) bond motifs is 2. The molecule has 0 aromatic heterocycles. The lowest BCUT2D eigenvalue weighted by atomic mass is 9.88. The van der Waals surface area contributed by atoms with Crippen LogP contribution in [0.2, 0.25) is 0 Å². The highest BCUT2D eigenvalue weighted by Crippen LogP contribution is 2.40. The third kappa shape index (κ3) is 3.45. The minimum absolute atomic E-state index is 0.174. The SMILES string of the molecule is CC(C)(C)OC(=O)N1C2CCC1CC(CCN=O)C2. The van der Waals surface area contributed by atoms with Gasteiger partial charge in [-0.25, -0.2) is 4.79 Å². The van der Waals surface area contributed by atoms with Crippen molar-refractivity contribution >= 4 is 6.09 Å². The van der Waals surface area contributed by atoms with Crippen LogP contribution in [0.5, 0.6) is 0 Å².